The van der Waals surface area contributed by atoms with Crippen LogP contribution in [-0.2, 0) is 4.74 Å². The Bertz CT molecular complexity index is 1270. The predicted molar refractivity (Wildman–Crippen MR) is 148 cm³/mol. The number of fused-ring (bicyclic) bond motifs is 1. The van der Waals surface area contributed by atoms with Crippen molar-refractivity contribution in [2.24, 2.45) is 5.92 Å². The van der Waals surface area contributed by atoms with Crippen molar-refractivity contribution in [1.82, 2.24) is 4.98 Å². The van der Waals surface area contributed by atoms with Crippen LogP contribution in [0.15, 0.2) is 47.8 Å². The van der Waals surface area contributed by atoms with Crippen LogP contribution in [0.4, 0.5) is 16.2 Å². The van der Waals surface area contributed by atoms with Gasteiger partial charge in [-0.2, -0.15) is 0 Å². The van der Waals surface area contributed by atoms with E-state index in [1.807, 2.05) is 26.0 Å². The number of hydrogen-bond donors (Lipinski definition) is 1. The molecule has 7 heteroatoms. The average molecular weight is 518 g/mol. The maximum atomic E-state index is 12.4. The average Bonchev–Trinajstić information content (AvgIpc) is 3.55. The van der Waals surface area contributed by atoms with E-state index in [-0.39, 0.29) is 24.2 Å². The Hall–Kier alpha value is -3.06. The highest BCUT2D eigenvalue weighted by Gasteiger charge is 2.45. The fraction of sp³-hybridized carbons (Fsp3) is 0.467. The Labute approximate surface area is 223 Å². The smallest absolute Gasteiger partial charge is 0.411 e. The minimum absolute atomic E-state index is 0.0313. The first-order valence-electron chi connectivity index (χ1n) is 13.6. The molecule has 194 valence electrons. The van der Waals surface area contributed by atoms with Crippen LogP contribution in [-0.4, -0.2) is 29.8 Å². The molecule has 2 fully saturated rings. The van der Waals surface area contributed by atoms with Crippen LogP contribution < -0.4 is 15.0 Å². The summed E-state index contributed by atoms with van der Waals surface area (Å²) in [6, 6.07) is 15.5. The third-order valence-electron chi connectivity index (χ3n) is 8.04. The fourth-order valence-electron chi connectivity index (χ4n) is 5.77. The van der Waals surface area contributed by atoms with Gasteiger partial charge in [-0.1, -0.05) is 18.2 Å². The van der Waals surface area contributed by atoms with E-state index in [1.54, 1.807) is 11.3 Å². The number of rotatable bonds is 8. The van der Waals surface area contributed by atoms with Crippen molar-refractivity contribution in [2.75, 3.05) is 16.8 Å². The molecule has 6 rings (SSSR count). The minimum Gasteiger partial charge on any atom is -0.494 e. The van der Waals surface area contributed by atoms with E-state index < -0.39 is 0 Å². The van der Waals surface area contributed by atoms with Crippen LogP contribution in [0.25, 0.3) is 0 Å². The Morgan fingerprint density at radius 3 is 2.57 bits per heavy atom. The Morgan fingerprint density at radius 1 is 1.16 bits per heavy atom. The van der Waals surface area contributed by atoms with E-state index in [2.05, 4.69) is 52.9 Å². The van der Waals surface area contributed by atoms with Crippen molar-refractivity contribution < 1.29 is 14.3 Å². The molecule has 6 nitrogen and oxygen atoms in total. The van der Waals surface area contributed by atoms with Gasteiger partial charge in [-0.15, -0.1) is 11.3 Å². The van der Waals surface area contributed by atoms with Crippen molar-refractivity contribution in [3.8, 4) is 5.75 Å². The molecule has 1 amide bonds. The van der Waals surface area contributed by atoms with Crippen molar-refractivity contribution in [1.29, 1.82) is 0 Å². The van der Waals surface area contributed by atoms with Gasteiger partial charge < -0.3 is 14.4 Å². The second-order valence-electron chi connectivity index (χ2n) is 10.6. The zero-order chi connectivity index (χ0) is 25.5. The maximum absolute atomic E-state index is 12.4. The Kier molecular flexibility index (Phi) is 6.57. The molecule has 0 spiro atoms. The number of aryl methyl sites for hydroxylation is 1. The van der Waals surface area contributed by atoms with Gasteiger partial charge in [-0.3, -0.25) is 5.32 Å². The summed E-state index contributed by atoms with van der Waals surface area (Å²) < 4.78 is 11.5. The maximum Gasteiger partial charge on any atom is 0.411 e. The van der Waals surface area contributed by atoms with Crippen LogP contribution in [0.5, 0.6) is 5.75 Å². The van der Waals surface area contributed by atoms with Gasteiger partial charge in [-0.05, 0) is 88.1 Å². The molecular formula is C30H35N3O3S. The first kappa shape index (κ1) is 24.3. The second-order valence-corrected chi connectivity index (χ2v) is 11.6. The fourth-order valence-corrected chi connectivity index (χ4v) is 6.42. The first-order valence-corrected chi connectivity index (χ1v) is 14.4. The molecule has 37 heavy (non-hydrogen) atoms. The number of hydrogen-bond acceptors (Lipinski definition) is 6. The number of amides is 1. The van der Waals surface area contributed by atoms with Crippen molar-refractivity contribution in [3.05, 3.63) is 69.7 Å². The van der Waals surface area contributed by atoms with Crippen molar-refractivity contribution >= 4 is 28.8 Å². The number of aromatic nitrogens is 1. The Balaban J connectivity index is 1.33. The lowest BCUT2D eigenvalue weighted by atomic mass is 9.85. The molecule has 1 aliphatic heterocycles. The zero-order valence-electron chi connectivity index (χ0n) is 21.8. The Morgan fingerprint density at radius 2 is 1.95 bits per heavy atom. The van der Waals surface area contributed by atoms with E-state index >= 15 is 0 Å². The van der Waals surface area contributed by atoms with E-state index in [0.717, 1.165) is 35.0 Å². The molecule has 1 aromatic heterocycles. The number of thiazole rings is 1. The molecule has 2 heterocycles. The van der Waals surface area contributed by atoms with E-state index in [1.165, 1.54) is 36.1 Å². The molecule has 2 aromatic carbocycles. The summed E-state index contributed by atoms with van der Waals surface area (Å²) in [4.78, 5) is 20.0. The van der Waals surface area contributed by atoms with Crippen LogP contribution in [0, 0.1) is 12.8 Å². The molecule has 3 unspecified atom stereocenters. The lowest BCUT2D eigenvalue weighted by molar-refractivity contribution is 0.108. The van der Waals surface area contributed by atoms with E-state index in [4.69, 9.17) is 14.5 Å². The third kappa shape index (κ3) is 4.81. The quantitative estimate of drug-likeness (QED) is 0.336. The van der Waals surface area contributed by atoms with Crippen molar-refractivity contribution in [3.63, 3.8) is 0 Å². The summed E-state index contributed by atoms with van der Waals surface area (Å²) >= 11 is 1.71. The lowest BCUT2D eigenvalue weighted by Gasteiger charge is -2.42. The van der Waals surface area contributed by atoms with Gasteiger partial charge in [0.1, 0.15) is 11.9 Å². The molecular weight excluding hydrogens is 482 g/mol. The number of anilines is 2. The van der Waals surface area contributed by atoms with Crippen LogP contribution in [0.1, 0.15) is 79.7 Å². The summed E-state index contributed by atoms with van der Waals surface area (Å²) in [5.74, 6) is 1.57. The number of benzene rings is 2. The van der Waals surface area contributed by atoms with E-state index in [9.17, 15) is 4.79 Å². The number of nitrogens with zero attached hydrogens (tertiary/aromatic N) is 2. The standard InChI is InChI=1S/C30H35N3O3S/c1-4-35-24-14-15-25-27(16-24)33(23-6-5-7-23)29(28(25)26-17-37-19(3)31-26)21-10-12-22(13-11-21)32-30(34)36-18(2)20-8-9-20/h10-18,20,23,28-29H,4-9H2,1-3H3,(H,32,34). The number of ether oxygens (including phenoxy) is 2. The molecule has 3 aromatic rings. The summed E-state index contributed by atoms with van der Waals surface area (Å²) in [6.45, 7) is 6.73. The largest absolute Gasteiger partial charge is 0.494 e. The highest BCUT2D eigenvalue weighted by Crippen LogP contribution is 2.55. The molecule has 0 bridgehead atoms. The van der Waals surface area contributed by atoms with Gasteiger partial charge in [0.05, 0.1) is 29.3 Å². The van der Waals surface area contributed by atoms with Crippen LogP contribution >= 0.6 is 11.3 Å². The van der Waals surface area contributed by atoms with Gasteiger partial charge in [-0.25, -0.2) is 9.78 Å². The van der Waals surface area contributed by atoms with Gasteiger partial charge in [0.2, 0.25) is 0 Å². The van der Waals surface area contributed by atoms with Crippen LogP contribution in [0.2, 0.25) is 0 Å². The summed E-state index contributed by atoms with van der Waals surface area (Å²) in [5.41, 5.74) is 5.67. The molecule has 0 saturated heterocycles. The summed E-state index contributed by atoms with van der Waals surface area (Å²) in [7, 11) is 0. The van der Waals surface area contributed by atoms with Crippen LogP contribution in [0.3, 0.4) is 0 Å². The molecule has 3 aliphatic rings. The highest BCUT2D eigenvalue weighted by atomic mass is 32.1. The third-order valence-corrected chi connectivity index (χ3v) is 8.83. The molecule has 1 N–H and O–H groups in total. The molecule has 2 saturated carbocycles. The molecule has 2 aliphatic carbocycles. The topological polar surface area (TPSA) is 63.7 Å². The highest BCUT2D eigenvalue weighted by molar-refractivity contribution is 7.09. The van der Waals surface area contributed by atoms with Gasteiger partial charge in [0.15, 0.2) is 0 Å². The van der Waals surface area contributed by atoms with E-state index in [0.29, 0.717) is 18.6 Å². The minimum atomic E-state index is -0.379. The summed E-state index contributed by atoms with van der Waals surface area (Å²) in [5, 5.41) is 6.21. The normalized spacial score (nSPS) is 21.8. The first-order chi connectivity index (χ1) is 18.0. The number of carbonyl (C=O) groups excluding carboxylic acids is 1. The number of carbonyl (C=O) groups is 1. The molecule has 3 atom stereocenters. The lowest BCUT2D eigenvalue weighted by Crippen LogP contribution is -2.41. The van der Waals surface area contributed by atoms with Gasteiger partial charge in [0.25, 0.3) is 0 Å². The zero-order valence-corrected chi connectivity index (χ0v) is 22.6. The second kappa shape index (κ2) is 10.0. The SMILES string of the molecule is CCOc1ccc2c(c1)N(C1CCC1)C(c1ccc(NC(=O)OC(C)C3CC3)cc1)C2c1csc(C)n1. The monoisotopic (exact) mass is 517 g/mol. The van der Waals surface area contributed by atoms with Gasteiger partial charge in [0, 0.05) is 28.9 Å². The predicted octanol–water partition coefficient (Wildman–Crippen LogP) is 7.44. The summed E-state index contributed by atoms with van der Waals surface area (Å²) in [6.07, 6.45) is 5.54. The number of nitrogens with one attached hydrogen (secondary N) is 1. The van der Waals surface area contributed by atoms with Crippen molar-refractivity contribution in [2.45, 2.75) is 77.0 Å². The van der Waals surface area contributed by atoms with Gasteiger partial charge >= 0.3 is 6.09 Å². The molecule has 0 radical (unpaired) electrons.